The van der Waals surface area contributed by atoms with E-state index in [0.29, 0.717) is 34.3 Å². The SMILES string of the molecule is COc1ccc(OCC(=O)N/N=C/c2cc(OC)c(OC)cc2OC)cc1. The number of carbonyl (C=O) groups is 1. The summed E-state index contributed by atoms with van der Waals surface area (Å²) in [5.41, 5.74) is 3.01. The minimum Gasteiger partial charge on any atom is -0.497 e. The summed E-state index contributed by atoms with van der Waals surface area (Å²) >= 11 is 0. The summed E-state index contributed by atoms with van der Waals surface area (Å²) in [7, 11) is 6.17. The summed E-state index contributed by atoms with van der Waals surface area (Å²) in [5.74, 6) is 2.44. The zero-order chi connectivity index (χ0) is 19.6. The van der Waals surface area contributed by atoms with E-state index in [1.807, 2.05) is 0 Å². The third-order valence-electron chi connectivity index (χ3n) is 3.56. The lowest BCUT2D eigenvalue weighted by atomic mass is 10.2. The smallest absolute Gasteiger partial charge is 0.277 e. The molecule has 0 aliphatic carbocycles. The Morgan fingerprint density at radius 3 is 2.07 bits per heavy atom. The third-order valence-corrected chi connectivity index (χ3v) is 3.56. The molecule has 0 saturated heterocycles. The molecule has 0 aromatic heterocycles. The number of hydrogen-bond acceptors (Lipinski definition) is 7. The molecule has 0 spiro atoms. The van der Waals surface area contributed by atoms with Crippen LogP contribution in [0.5, 0.6) is 28.7 Å². The minimum atomic E-state index is -0.401. The molecule has 1 amide bonds. The lowest BCUT2D eigenvalue weighted by Crippen LogP contribution is -2.24. The Hall–Kier alpha value is -3.42. The first-order valence-electron chi connectivity index (χ1n) is 8.00. The molecule has 0 heterocycles. The van der Waals surface area contributed by atoms with Gasteiger partial charge in [-0.15, -0.1) is 0 Å². The molecule has 0 fully saturated rings. The molecule has 2 aromatic rings. The lowest BCUT2D eigenvalue weighted by Gasteiger charge is -2.11. The zero-order valence-electron chi connectivity index (χ0n) is 15.6. The van der Waals surface area contributed by atoms with Gasteiger partial charge in [0.05, 0.1) is 34.7 Å². The van der Waals surface area contributed by atoms with Crippen molar-refractivity contribution in [3.8, 4) is 28.7 Å². The molecule has 144 valence electrons. The Morgan fingerprint density at radius 2 is 1.48 bits per heavy atom. The van der Waals surface area contributed by atoms with Gasteiger partial charge in [-0.2, -0.15) is 5.10 Å². The fourth-order valence-corrected chi connectivity index (χ4v) is 2.18. The molecular weight excluding hydrogens is 352 g/mol. The van der Waals surface area contributed by atoms with Crippen LogP contribution in [0.4, 0.5) is 0 Å². The van der Waals surface area contributed by atoms with Crippen LogP contribution < -0.4 is 29.1 Å². The number of hydrogen-bond donors (Lipinski definition) is 1. The summed E-state index contributed by atoms with van der Waals surface area (Å²) in [6.07, 6.45) is 1.45. The van der Waals surface area contributed by atoms with Crippen LogP contribution in [-0.2, 0) is 4.79 Å². The second-order valence-electron chi connectivity index (χ2n) is 5.21. The molecule has 0 atom stereocenters. The molecule has 0 aliphatic rings. The predicted octanol–water partition coefficient (Wildman–Crippen LogP) is 2.25. The van der Waals surface area contributed by atoms with E-state index in [-0.39, 0.29) is 6.61 Å². The van der Waals surface area contributed by atoms with Gasteiger partial charge in [0.1, 0.15) is 17.2 Å². The summed E-state index contributed by atoms with van der Waals surface area (Å²) in [6, 6.07) is 10.3. The van der Waals surface area contributed by atoms with E-state index in [1.54, 1.807) is 43.5 Å². The van der Waals surface area contributed by atoms with Crippen LogP contribution >= 0.6 is 0 Å². The molecule has 0 aliphatic heterocycles. The molecule has 27 heavy (non-hydrogen) atoms. The lowest BCUT2D eigenvalue weighted by molar-refractivity contribution is -0.123. The van der Waals surface area contributed by atoms with Gasteiger partial charge in [-0.25, -0.2) is 5.43 Å². The average molecular weight is 374 g/mol. The van der Waals surface area contributed by atoms with Gasteiger partial charge in [-0.3, -0.25) is 4.79 Å². The van der Waals surface area contributed by atoms with Crippen molar-refractivity contribution in [1.82, 2.24) is 5.43 Å². The van der Waals surface area contributed by atoms with Gasteiger partial charge < -0.3 is 23.7 Å². The van der Waals surface area contributed by atoms with Crippen LogP contribution in [0.2, 0.25) is 0 Å². The number of carbonyl (C=O) groups excluding carboxylic acids is 1. The Morgan fingerprint density at radius 1 is 0.889 bits per heavy atom. The van der Waals surface area contributed by atoms with Crippen LogP contribution in [0.3, 0.4) is 0 Å². The average Bonchev–Trinajstić information content (AvgIpc) is 2.72. The fraction of sp³-hybridized carbons (Fsp3) is 0.263. The largest absolute Gasteiger partial charge is 0.497 e. The Kier molecular flexibility index (Phi) is 7.30. The number of benzene rings is 2. The molecule has 0 saturated carbocycles. The highest BCUT2D eigenvalue weighted by molar-refractivity contribution is 5.86. The quantitative estimate of drug-likeness (QED) is 0.535. The van der Waals surface area contributed by atoms with Gasteiger partial charge in [0, 0.05) is 11.6 Å². The third kappa shape index (κ3) is 5.53. The first kappa shape index (κ1) is 19.9. The second kappa shape index (κ2) is 9.91. The Bertz CT molecular complexity index is 790. The van der Waals surface area contributed by atoms with Crippen LogP contribution in [0.1, 0.15) is 5.56 Å². The number of nitrogens with one attached hydrogen (secondary N) is 1. The highest BCUT2D eigenvalue weighted by atomic mass is 16.5. The van der Waals surface area contributed by atoms with Crippen molar-refractivity contribution in [2.75, 3.05) is 35.0 Å². The topological polar surface area (TPSA) is 87.6 Å². The molecule has 0 bridgehead atoms. The van der Waals surface area contributed by atoms with E-state index in [1.165, 1.54) is 27.5 Å². The van der Waals surface area contributed by atoms with Gasteiger partial charge in [0.25, 0.3) is 5.91 Å². The summed E-state index contributed by atoms with van der Waals surface area (Å²) in [6.45, 7) is -0.174. The van der Waals surface area contributed by atoms with Gasteiger partial charge in [-0.1, -0.05) is 0 Å². The van der Waals surface area contributed by atoms with Gasteiger partial charge in [0.15, 0.2) is 18.1 Å². The molecule has 8 nitrogen and oxygen atoms in total. The number of nitrogens with zero attached hydrogens (tertiary/aromatic N) is 1. The number of rotatable bonds is 9. The fourth-order valence-electron chi connectivity index (χ4n) is 2.18. The van der Waals surface area contributed by atoms with Crippen molar-refractivity contribution in [1.29, 1.82) is 0 Å². The summed E-state index contributed by atoms with van der Waals surface area (Å²) < 4.78 is 26.2. The van der Waals surface area contributed by atoms with Crippen molar-refractivity contribution in [3.63, 3.8) is 0 Å². The monoisotopic (exact) mass is 374 g/mol. The maximum Gasteiger partial charge on any atom is 0.277 e. The maximum absolute atomic E-state index is 11.9. The summed E-state index contributed by atoms with van der Waals surface area (Å²) in [4.78, 5) is 11.9. The Balaban J connectivity index is 1.94. The number of ether oxygens (including phenoxy) is 5. The van der Waals surface area contributed by atoms with E-state index in [2.05, 4.69) is 10.5 Å². The van der Waals surface area contributed by atoms with Crippen molar-refractivity contribution in [3.05, 3.63) is 42.0 Å². The molecule has 2 rings (SSSR count). The predicted molar refractivity (Wildman–Crippen MR) is 100 cm³/mol. The van der Waals surface area contributed by atoms with Gasteiger partial charge in [0.2, 0.25) is 0 Å². The van der Waals surface area contributed by atoms with E-state index in [4.69, 9.17) is 23.7 Å². The first-order valence-corrected chi connectivity index (χ1v) is 8.00. The van der Waals surface area contributed by atoms with E-state index >= 15 is 0 Å². The molecule has 0 radical (unpaired) electrons. The van der Waals surface area contributed by atoms with Crippen molar-refractivity contribution in [2.24, 2.45) is 5.10 Å². The van der Waals surface area contributed by atoms with Crippen LogP contribution in [0.15, 0.2) is 41.5 Å². The molecular formula is C19H22N2O6. The second-order valence-corrected chi connectivity index (χ2v) is 5.21. The molecule has 2 aromatic carbocycles. The van der Waals surface area contributed by atoms with Crippen LogP contribution in [-0.4, -0.2) is 47.2 Å². The standard InChI is InChI=1S/C19H22N2O6/c1-23-14-5-7-15(8-6-14)27-12-19(22)21-20-11-13-9-17(25-3)18(26-4)10-16(13)24-2/h5-11H,12H2,1-4H3,(H,21,22)/b20-11+. The number of methoxy groups -OCH3 is 4. The number of amides is 1. The zero-order valence-corrected chi connectivity index (χ0v) is 15.6. The molecule has 0 unspecified atom stereocenters. The van der Waals surface area contributed by atoms with Gasteiger partial charge in [-0.05, 0) is 30.3 Å². The van der Waals surface area contributed by atoms with Crippen LogP contribution in [0.25, 0.3) is 0 Å². The molecule has 1 N–H and O–H groups in total. The Labute approximate surface area is 157 Å². The minimum absolute atomic E-state index is 0.174. The van der Waals surface area contributed by atoms with Crippen molar-refractivity contribution < 1.29 is 28.5 Å². The van der Waals surface area contributed by atoms with Crippen molar-refractivity contribution >= 4 is 12.1 Å². The van der Waals surface area contributed by atoms with Gasteiger partial charge >= 0.3 is 0 Å². The van der Waals surface area contributed by atoms with E-state index in [9.17, 15) is 4.79 Å². The first-order chi connectivity index (χ1) is 13.1. The number of hydrazone groups is 1. The van der Waals surface area contributed by atoms with E-state index < -0.39 is 5.91 Å². The highest BCUT2D eigenvalue weighted by Gasteiger charge is 2.10. The van der Waals surface area contributed by atoms with Crippen LogP contribution in [0, 0.1) is 0 Å². The van der Waals surface area contributed by atoms with E-state index in [0.717, 1.165) is 0 Å². The highest BCUT2D eigenvalue weighted by Crippen LogP contribution is 2.33. The maximum atomic E-state index is 11.9. The summed E-state index contributed by atoms with van der Waals surface area (Å²) in [5, 5.41) is 3.92. The molecule has 8 heteroatoms. The normalized spacial score (nSPS) is 10.4. The van der Waals surface area contributed by atoms with Crippen molar-refractivity contribution in [2.45, 2.75) is 0 Å².